The van der Waals surface area contributed by atoms with Crippen LogP contribution in [0.15, 0.2) is 16.4 Å². The Morgan fingerprint density at radius 2 is 2.60 bits per heavy atom. The van der Waals surface area contributed by atoms with Crippen molar-refractivity contribution in [2.45, 2.75) is 6.54 Å². The number of halogens is 1. The monoisotopic (exact) mass is 159 g/mol. The van der Waals surface area contributed by atoms with Crippen LogP contribution in [-0.4, -0.2) is 12.0 Å². The molecule has 0 unspecified atom stereocenters. The van der Waals surface area contributed by atoms with E-state index in [1.165, 1.54) is 6.20 Å². The molecule has 5 heteroatoms. The van der Waals surface area contributed by atoms with Crippen LogP contribution < -0.4 is 0 Å². The van der Waals surface area contributed by atoms with Crippen LogP contribution in [0.1, 0.15) is 4.88 Å². The summed E-state index contributed by atoms with van der Waals surface area (Å²) in [5.41, 5.74) is 0. The van der Waals surface area contributed by atoms with Crippen molar-refractivity contribution in [1.82, 2.24) is 4.98 Å². The lowest BCUT2D eigenvalue weighted by Crippen LogP contribution is -1.69. The lowest BCUT2D eigenvalue weighted by Gasteiger charge is -1.81. The van der Waals surface area contributed by atoms with E-state index in [2.05, 4.69) is 15.2 Å². The molecule has 0 saturated heterocycles. The van der Waals surface area contributed by atoms with Crippen molar-refractivity contribution in [2.24, 2.45) is 10.2 Å². The van der Waals surface area contributed by atoms with E-state index in [1.807, 2.05) is 0 Å². The van der Waals surface area contributed by atoms with Crippen LogP contribution in [0.4, 0.5) is 4.39 Å². The number of rotatable bonds is 2. The van der Waals surface area contributed by atoms with Gasteiger partial charge in [0.15, 0.2) is 0 Å². The largest absolute Gasteiger partial charge is 0.269 e. The number of aromatic nitrogens is 1. The Kier molecular flexibility index (Phi) is 2.44. The highest BCUT2D eigenvalue weighted by atomic mass is 32.1. The molecule has 0 N–H and O–H groups in total. The second-order valence-corrected chi connectivity index (χ2v) is 2.64. The van der Waals surface area contributed by atoms with Crippen LogP contribution >= 0.6 is 11.3 Å². The van der Waals surface area contributed by atoms with E-state index in [1.54, 1.807) is 7.05 Å². The number of hydrogen-bond acceptors (Lipinski definition) is 4. The second-order valence-electron chi connectivity index (χ2n) is 1.58. The summed E-state index contributed by atoms with van der Waals surface area (Å²) in [5.74, 6) is 0. The van der Waals surface area contributed by atoms with Crippen LogP contribution in [0.3, 0.4) is 0 Å². The molecule has 0 spiro atoms. The number of nitrogens with zero attached hydrogens (tertiary/aromatic N) is 3. The van der Waals surface area contributed by atoms with Gasteiger partial charge in [-0.25, -0.2) is 4.98 Å². The van der Waals surface area contributed by atoms with Gasteiger partial charge in [0, 0.05) is 13.2 Å². The van der Waals surface area contributed by atoms with E-state index in [-0.39, 0.29) is 0 Å². The number of hydrogen-bond donors (Lipinski definition) is 0. The highest BCUT2D eigenvalue weighted by Gasteiger charge is 1.97. The molecule has 0 aromatic carbocycles. The van der Waals surface area contributed by atoms with E-state index < -0.39 is 5.26 Å². The fraction of sp³-hybridized carbons (Fsp3) is 0.400. The third kappa shape index (κ3) is 1.84. The van der Waals surface area contributed by atoms with Crippen LogP contribution in [-0.2, 0) is 6.54 Å². The van der Waals surface area contributed by atoms with Gasteiger partial charge in [0.2, 0.25) is 0 Å². The van der Waals surface area contributed by atoms with Gasteiger partial charge in [-0.3, -0.25) is 0 Å². The molecule has 0 atom stereocenters. The van der Waals surface area contributed by atoms with Crippen LogP contribution in [0.2, 0.25) is 0 Å². The normalized spacial score (nSPS) is 11.0. The van der Waals surface area contributed by atoms with Crippen molar-refractivity contribution in [2.75, 3.05) is 7.05 Å². The Balaban J connectivity index is 2.58. The molecule has 1 aromatic heterocycles. The van der Waals surface area contributed by atoms with Gasteiger partial charge in [-0.15, -0.1) is 0 Å². The standard InChI is InChI=1S/C5H6FN3S/c1-7-9-3-4-2-8-5(6)10-4/h2H,3H2,1H3. The first-order chi connectivity index (χ1) is 4.83. The molecule has 0 radical (unpaired) electrons. The number of azo groups is 1. The van der Waals surface area contributed by atoms with Gasteiger partial charge in [-0.2, -0.15) is 14.6 Å². The third-order valence-electron chi connectivity index (χ3n) is 0.893. The van der Waals surface area contributed by atoms with Gasteiger partial charge in [0.1, 0.15) is 0 Å². The van der Waals surface area contributed by atoms with Crippen molar-refractivity contribution in [3.63, 3.8) is 0 Å². The first-order valence-corrected chi connectivity index (χ1v) is 3.50. The van der Waals surface area contributed by atoms with E-state index in [0.717, 1.165) is 16.2 Å². The minimum Gasteiger partial charge on any atom is -0.218 e. The molecule has 0 saturated carbocycles. The maximum absolute atomic E-state index is 12.2. The zero-order valence-corrected chi connectivity index (χ0v) is 6.23. The fourth-order valence-corrected chi connectivity index (χ4v) is 1.05. The van der Waals surface area contributed by atoms with Crippen LogP contribution in [0.5, 0.6) is 0 Å². The highest BCUT2D eigenvalue weighted by Crippen LogP contribution is 2.11. The molecule has 0 aliphatic heterocycles. The Morgan fingerprint density at radius 3 is 3.10 bits per heavy atom. The average molecular weight is 159 g/mol. The summed E-state index contributed by atoms with van der Waals surface area (Å²) in [6.07, 6.45) is 1.47. The number of thiazole rings is 1. The molecule has 10 heavy (non-hydrogen) atoms. The molecule has 0 fully saturated rings. The summed E-state index contributed by atoms with van der Waals surface area (Å²) in [5, 5.41) is 6.79. The van der Waals surface area contributed by atoms with Gasteiger partial charge >= 0.3 is 0 Å². The van der Waals surface area contributed by atoms with Crippen molar-refractivity contribution in [3.8, 4) is 0 Å². The molecule has 0 bridgehead atoms. The minimum absolute atomic E-state index is 0.415. The zero-order valence-electron chi connectivity index (χ0n) is 5.41. The average Bonchev–Trinajstić information content (AvgIpc) is 2.31. The molecular formula is C5H6FN3S. The SMILES string of the molecule is CN=NCc1cnc(F)s1. The molecule has 0 amide bonds. The Hall–Kier alpha value is -0.840. The van der Waals surface area contributed by atoms with Crippen molar-refractivity contribution in [3.05, 3.63) is 16.3 Å². The highest BCUT2D eigenvalue weighted by molar-refractivity contribution is 7.09. The summed E-state index contributed by atoms with van der Waals surface area (Å²) in [7, 11) is 1.58. The summed E-state index contributed by atoms with van der Waals surface area (Å²) in [6.45, 7) is 0.429. The molecule has 1 heterocycles. The molecular weight excluding hydrogens is 153 g/mol. The van der Waals surface area contributed by atoms with Gasteiger partial charge in [-0.1, -0.05) is 11.3 Å². The predicted molar refractivity (Wildman–Crippen MR) is 36.6 cm³/mol. The molecule has 1 aromatic rings. The minimum atomic E-state index is -0.415. The zero-order chi connectivity index (χ0) is 7.40. The predicted octanol–water partition coefficient (Wildman–Crippen LogP) is 1.86. The summed E-state index contributed by atoms with van der Waals surface area (Å²) in [6, 6.07) is 0. The third-order valence-corrected chi connectivity index (χ3v) is 1.66. The maximum Gasteiger partial charge on any atom is 0.269 e. The molecule has 54 valence electrons. The molecule has 0 aliphatic carbocycles. The van der Waals surface area contributed by atoms with E-state index in [9.17, 15) is 4.39 Å². The van der Waals surface area contributed by atoms with E-state index >= 15 is 0 Å². The maximum atomic E-state index is 12.2. The van der Waals surface area contributed by atoms with Gasteiger partial charge < -0.3 is 0 Å². The quantitative estimate of drug-likeness (QED) is 0.607. The van der Waals surface area contributed by atoms with E-state index in [4.69, 9.17) is 0 Å². The van der Waals surface area contributed by atoms with Crippen molar-refractivity contribution >= 4 is 11.3 Å². The summed E-state index contributed by atoms with van der Waals surface area (Å²) < 4.78 is 12.2. The lowest BCUT2D eigenvalue weighted by molar-refractivity contribution is 0.617. The van der Waals surface area contributed by atoms with Crippen LogP contribution in [0, 0.1) is 5.26 Å². The van der Waals surface area contributed by atoms with Crippen molar-refractivity contribution < 1.29 is 4.39 Å². The lowest BCUT2D eigenvalue weighted by atomic mass is 10.6. The topological polar surface area (TPSA) is 37.6 Å². The van der Waals surface area contributed by atoms with Gasteiger partial charge in [0.25, 0.3) is 5.26 Å². The second kappa shape index (κ2) is 3.36. The van der Waals surface area contributed by atoms with Gasteiger partial charge in [0.05, 0.1) is 11.4 Å². The molecule has 3 nitrogen and oxygen atoms in total. The van der Waals surface area contributed by atoms with E-state index in [0.29, 0.717) is 6.54 Å². The molecule has 1 rings (SSSR count). The summed E-state index contributed by atoms with van der Waals surface area (Å²) in [4.78, 5) is 4.21. The smallest absolute Gasteiger partial charge is 0.218 e. The van der Waals surface area contributed by atoms with Crippen LogP contribution in [0.25, 0.3) is 0 Å². The van der Waals surface area contributed by atoms with Gasteiger partial charge in [-0.05, 0) is 0 Å². The first-order valence-electron chi connectivity index (χ1n) is 2.68. The Bertz CT molecular complexity index is 233. The summed E-state index contributed by atoms with van der Waals surface area (Å²) >= 11 is 0.996. The first kappa shape index (κ1) is 7.27. The fourth-order valence-electron chi connectivity index (χ4n) is 0.497. The van der Waals surface area contributed by atoms with Crippen molar-refractivity contribution in [1.29, 1.82) is 0 Å². The Morgan fingerprint density at radius 1 is 1.80 bits per heavy atom. The Labute approximate surface area is 61.6 Å². The molecule has 0 aliphatic rings.